The van der Waals surface area contributed by atoms with E-state index in [9.17, 15) is 14.4 Å². The van der Waals surface area contributed by atoms with E-state index in [-0.39, 0.29) is 31.5 Å². The number of carboxylic acids is 1. The zero-order valence-corrected chi connectivity index (χ0v) is 31.6. The molecule has 0 saturated heterocycles. The van der Waals surface area contributed by atoms with Gasteiger partial charge in [0.2, 0.25) is 0 Å². The summed E-state index contributed by atoms with van der Waals surface area (Å²) in [7, 11) is 0. The molecule has 0 aromatic heterocycles. The molecule has 0 fully saturated rings. The van der Waals surface area contributed by atoms with E-state index in [0.29, 0.717) is 38.4 Å². The third kappa shape index (κ3) is 29.4. The molecule has 0 aliphatic carbocycles. The minimum atomic E-state index is -0.712. The van der Waals surface area contributed by atoms with Crippen LogP contribution in [0.1, 0.15) is 149 Å². The monoisotopic (exact) mass is 699 g/mol. The number of carbonyl (C=O) groups excluding carboxylic acids is 2. The highest BCUT2D eigenvalue weighted by Crippen LogP contribution is 2.25. The average Bonchev–Trinajstić information content (AvgIpc) is 3.08. The zero-order chi connectivity index (χ0) is 36.4. The van der Waals surface area contributed by atoms with E-state index >= 15 is 0 Å². The molecule has 0 bridgehead atoms. The molecule has 10 heteroatoms. The average molecular weight is 699 g/mol. The quantitative estimate of drug-likeness (QED) is 0.0295. The summed E-state index contributed by atoms with van der Waals surface area (Å²) >= 11 is 0. The van der Waals surface area contributed by atoms with Crippen LogP contribution in [0.4, 0.5) is 0 Å². The Morgan fingerprint density at radius 1 is 0.694 bits per heavy atom. The maximum absolute atomic E-state index is 12.9. The van der Waals surface area contributed by atoms with E-state index in [4.69, 9.17) is 24.4 Å². The van der Waals surface area contributed by atoms with Crippen molar-refractivity contribution in [3.8, 4) is 0 Å². The van der Waals surface area contributed by atoms with Crippen LogP contribution >= 0.6 is 0 Å². The minimum Gasteiger partial charge on any atom is -0.481 e. The standard InChI is InChI=1S/C39H74N2O8/c1-5-39(32-48-37(45)34(2)3,31-47-29-23-27-40-25-20-16-12-8-6-10-14-18-22-28-42)33-49-38(46)35(4)30-41-26-21-17-13-9-7-11-15-19-24-36(43)44/h35,40-42H,2,5-33H2,1,3-4H3,(H,43,44). The predicted molar refractivity (Wildman–Crippen MR) is 198 cm³/mol. The molecule has 288 valence electrons. The Kier molecular flexibility index (Phi) is 31.8. The number of unbranched alkanes of at least 4 members (excludes halogenated alkanes) is 15. The molecular formula is C39H74N2O8. The van der Waals surface area contributed by atoms with Gasteiger partial charge in [-0.2, -0.15) is 0 Å². The lowest BCUT2D eigenvalue weighted by Gasteiger charge is -2.32. The molecule has 0 rings (SSSR count). The lowest BCUT2D eigenvalue weighted by molar-refractivity contribution is -0.158. The van der Waals surface area contributed by atoms with E-state index in [0.717, 1.165) is 77.4 Å². The lowest BCUT2D eigenvalue weighted by atomic mass is 9.88. The van der Waals surface area contributed by atoms with Gasteiger partial charge in [0.15, 0.2) is 0 Å². The molecule has 0 aliphatic rings. The number of ether oxygens (including phenoxy) is 3. The molecule has 2 atom stereocenters. The maximum Gasteiger partial charge on any atom is 0.333 e. The molecule has 2 unspecified atom stereocenters. The van der Waals surface area contributed by atoms with Crippen LogP contribution in [0.5, 0.6) is 0 Å². The van der Waals surface area contributed by atoms with Crippen LogP contribution in [0.25, 0.3) is 0 Å². The molecule has 10 nitrogen and oxygen atoms in total. The number of aliphatic hydroxyl groups is 1. The van der Waals surface area contributed by atoms with Gasteiger partial charge in [0, 0.05) is 31.8 Å². The first kappa shape index (κ1) is 47.0. The Bertz CT molecular complexity index is 840. The van der Waals surface area contributed by atoms with Gasteiger partial charge in [0.05, 0.1) is 17.9 Å². The number of carbonyl (C=O) groups is 3. The van der Waals surface area contributed by atoms with Crippen LogP contribution in [0.2, 0.25) is 0 Å². The second kappa shape index (κ2) is 33.2. The molecule has 0 amide bonds. The second-order valence-electron chi connectivity index (χ2n) is 14.0. The Labute approximate surface area is 298 Å². The first-order chi connectivity index (χ1) is 23.7. The normalized spacial score (nSPS) is 13.1. The van der Waals surface area contributed by atoms with Crippen molar-refractivity contribution in [1.82, 2.24) is 10.6 Å². The third-order valence-corrected chi connectivity index (χ3v) is 9.04. The van der Waals surface area contributed by atoms with Crippen molar-refractivity contribution in [1.29, 1.82) is 0 Å². The zero-order valence-electron chi connectivity index (χ0n) is 31.6. The van der Waals surface area contributed by atoms with E-state index in [1.807, 2.05) is 13.8 Å². The number of rotatable bonds is 37. The molecule has 4 N–H and O–H groups in total. The Hall–Kier alpha value is -2.01. The number of nitrogens with one attached hydrogen (secondary N) is 2. The Balaban J connectivity index is 4.26. The van der Waals surface area contributed by atoms with Crippen LogP contribution in [0.15, 0.2) is 12.2 Å². The first-order valence-corrected chi connectivity index (χ1v) is 19.5. The largest absolute Gasteiger partial charge is 0.481 e. The molecule has 0 saturated carbocycles. The van der Waals surface area contributed by atoms with Gasteiger partial charge in [-0.15, -0.1) is 0 Å². The van der Waals surface area contributed by atoms with Crippen LogP contribution in [-0.2, 0) is 28.6 Å². The number of hydrogen-bond donors (Lipinski definition) is 4. The molecule has 0 radical (unpaired) electrons. The fourth-order valence-electron chi connectivity index (χ4n) is 5.44. The summed E-state index contributed by atoms with van der Waals surface area (Å²) in [5, 5.41) is 24.4. The van der Waals surface area contributed by atoms with Crippen LogP contribution < -0.4 is 10.6 Å². The molecule has 49 heavy (non-hydrogen) atoms. The number of carboxylic acid groups (broad SMARTS) is 1. The van der Waals surface area contributed by atoms with Gasteiger partial charge in [0.1, 0.15) is 13.2 Å². The van der Waals surface area contributed by atoms with Gasteiger partial charge in [0.25, 0.3) is 0 Å². The maximum atomic E-state index is 12.9. The number of hydrogen-bond acceptors (Lipinski definition) is 9. The number of aliphatic hydroxyl groups excluding tert-OH is 1. The van der Waals surface area contributed by atoms with E-state index < -0.39 is 17.4 Å². The summed E-state index contributed by atoms with van der Waals surface area (Å²) in [6.07, 6.45) is 21.2. The first-order valence-electron chi connectivity index (χ1n) is 19.5. The van der Waals surface area contributed by atoms with Gasteiger partial charge in [-0.3, -0.25) is 9.59 Å². The number of esters is 2. The molecule has 0 heterocycles. The fraction of sp³-hybridized carbons (Fsp3) is 0.872. The highest BCUT2D eigenvalue weighted by Gasteiger charge is 2.33. The molecule has 0 spiro atoms. The Morgan fingerprint density at radius 3 is 1.71 bits per heavy atom. The SMILES string of the molecule is C=C(C)C(=O)OCC(CC)(COCCCNCCCCCCCCCCCO)COC(=O)C(C)CNCCCCCCCCCCC(=O)O. The highest BCUT2D eigenvalue weighted by atomic mass is 16.6. The number of aliphatic carboxylic acids is 1. The summed E-state index contributed by atoms with van der Waals surface area (Å²) < 4.78 is 17.3. The summed E-state index contributed by atoms with van der Waals surface area (Å²) in [5.41, 5.74) is -0.299. The van der Waals surface area contributed by atoms with Gasteiger partial charge in [-0.25, -0.2) is 4.79 Å². The molecule has 0 aromatic rings. The second-order valence-corrected chi connectivity index (χ2v) is 14.0. The van der Waals surface area contributed by atoms with Crippen molar-refractivity contribution >= 4 is 17.9 Å². The van der Waals surface area contributed by atoms with Gasteiger partial charge < -0.3 is 35.1 Å². The molecular weight excluding hydrogens is 624 g/mol. The van der Waals surface area contributed by atoms with Crippen molar-refractivity contribution < 1.29 is 38.8 Å². The van der Waals surface area contributed by atoms with E-state index in [1.54, 1.807) is 6.92 Å². The topological polar surface area (TPSA) is 143 Å². The van der Waals surface area contributed by atoms with Gasteiger partial charge >= 0.3 is 17.9 Å². The molecule has 0 aromatic carbocycles. The van der Waals surface area contributed by atoms with Crippen molar-refractivity contribution in [3.05, 3.63) is 12.2 Å². The minimum absolute atomic E-state index is 0.0956. The van der Waals surface area contributed by atoms with Crippen molar-refractivity contribution in [2.45, 2.75) is 149 Å². The summed E-state index contributed by atoms with van der Waals surface area (Å²) in [4.78, 5) is 35.6. The van der Waals surface area contributed by atoms with Crippen LogP contribution in [-0.4, -0.2) is 87.3 Å². The predicted octanol–water partition coefficient (Wildman–Crippen LogP) is 7.37. The Morgan fingerprint density at radius 2 is 1.18 bits per heavy atom. The van der Waals surface area contributed by atoms with Gasteiger partial charge in [-0.1, -0.05) is 104 Å². The third-order valence-electron chi connectivity index (χ3n) is 9.04. The van der Waals surface area contributed by atoms with E-state index in [2.05, 4.69) is 17.2 Å². The highest BCUT2D eigenvalue weighted by molar-refractivity contribution is 5.86. The van der Waals surface area contributed by atoms with Crippen LogP contribution in [0, 0.1) is 11.3 Å². The smallest absolute Gasteiger partial charge is 0.333 e. The van der Waals surface area contributed by atoms with Crippen molar-refractivity contribution in [3.63, 3.8) is 0 Å². The summed E-state index contributed by atoms with van der Waals surface area (Å²) in [5.74, 6) is -1.75. The fourth-order valence-corrected chi connectivity index (χ4v) is 5.44. The van der Waals surface area contributed by atoms with Crippen molar-refractivity contribution in [2.75, 3.05) is 59.2 Å². The van der Waals surface area contributed by atoms with E-state index in [1.165, 1.54) is 57.8 Å². The van der Waals surface area contributed by atoms with Crippen LogP contribution in [0.3, 0.4) is 0 Å². The lowest BCUT2D eigenvalue weighted by Crippen LogP contribution is -2.40. The summed E-state index contributed by atoms with van der Waals surface area (Å²) in [6.45, 7) is 13.8. The summed E-state index contributed by atoms with van der Waals surface area (Å²) in [6, 6.07) is 0. The molecule has 0 aliphatic heterocycles. The van der Waals surface area contributed by atoms with Crippen molar-refractivity contribution in [2.24, 2.45) is 11.3 Å². The van der Waals surface area contributed by atoms with Gasteiger partial charge in [-0.05, 0) is 65.1 Å².